The fourth-order valence-corrected chi connectivity index (χ4v) is 3.67. The summed E-state index contributed by atoms with van der Waals surface area (Å²) in [6.45, 7) is 1.52. The smallest absolute Gasteiger partial charge is 0.276 e. The molecule has 3 aromatic rings. The molecule has 0 saturated carbocycles. The molecule has 0 unspecified atom stereocenters. The number of nitrogens with zero attached hydrogens (tertiary/aromatic N) is 6. The Hall–Kier alpha value is -3.55. The molecule has 1 atom stereocenters. The molecule has 154 valence electrons. The van der Waals surface area contributed by atoms with Gasteiger partial charge in [0.1, 0.15) is 0 Å². The minimum Gasteiger partial charge on any atom is -0.336 e. The summed E-state index contributed by atoms with van der Waals surface area (Å²) >= 11 is 0. The van der Waals surface area contributed by atoms with Crippen molar-refractivity contribution in [1.29, 1.82) is 0 Å². The van der Waals surface area contributed by atoms with Gasteiger partial charge in [-0.25, -0.2) is 9.67 Å². The largest absolute Gasteiger partial charge is 0.336 e. The van der Waals surface area contributed by atoms with E-state index in [0.717, 1.165) is 18.4 Å². The van der Waals surface area contributed by atoms with Crippen molar-refractivity contribution in [2.45, 2.75) is 19.4 Å². The number of rotatable bonds is 6. The summed E-state index contributed by atoms with van der Waals surface area (Å²) in [5, 5.41) is 8.09. The number of allylic oxidation sites excluding steroid dienone is 1. The third-order valence-corrected chi connectivity index (χ3v) is 5.28. The number of Topliss-reactive ketones (excluding diaryl/α,β-unsaturated/α-hetero) is 1. The third kappa shape index (κ3) is 4.37. The van der Waals surface area contributed by atoms with E-state index in [0.29, 0.717) is 31.2 Å². The molecule has 1 amide bonds. The maximum atomic E-state index is 12.9. The van der Waals surface area contributed by atoms with Crippen LogP contribution in [0.5, 0.6) is 0 Å². The summed E-state index contributed by atoms with van der Waals surface area (Å²) in [6, 6.07) is 9.98. The molecule has 1 aliphatic heterocycles. The maximum Gasteiger partial charge on any atom is 0.276 e. The van der Waals surface area contributed by atoms with Crippen LogP contribution in [0.25, 0.3) is 6.08 Å². The molecule has 1 fully saturated rings. The number of carbonyl (C=O) groups excluding carboxylic acids is 2. The Labute approximate surface area is 174 Å². The van der Waals surface area contributed by atoms with Crippen LogP contribution >= 0.6 is 0 Å². The molecule has 1 aromatic carbocycles. The van der Waals surface area contributed by atoms with Crippen LogP contribution in [0.15, 0.2) is 55.0 Å². The van der Waals surface area contributed by atoms with Crippen molar-refractivity contribution in [1.82, 2.24) is 29.4 Å². The van der Waals surface area contributed by atoms with Crippen molar-refractivity contribution >= 4 is 17.8 Å². The van der Waals surface area contributed by atoms with Crippen LogP contribution in [0.1, 0.15) is 39.5 Å². The van der Waals surface area contributed by atoms with Gasteiger partial charge >= 0.3 is 0 Å². The lowest BCUT2D eigenvalue weighted by molar-refractivity contribution is 0.0628. The highest BCUT2D eigenvalue weighted by molar-refractivity contribution is 5.96. The topological polar surface area (TPSA) is 85.9 Å². The van der Waals surface area contributed by atoms with E-state index in [2.05, 4.69) is 15.3 Å². The number of aromatic nitrogens is 5. The standard InChI is InChI=1S/C22H24N6O2/c1-26-14-11-23-21(26)20(29)18-10-6-12-27(15-18)22(30)19-16-28(25-24-19)13-5-9-17-7-3-2-4-8-17/h2-5,7-9,11,14,16,18H,6,10,12-13,15H2,1H3/b9-5+/t18-/m0/s1. The van der Waals surface area contributed by atoms with E-state index in [1.165, 1.54) is 0 Å². The second-order valence-electron chi connectivity index (χ2n) is 7.46. The van der Waals surface area contributed by atoms with Crippen LogP contribution in [-0.2, 0) is 13.6 Å². The summed E-state index contributed by atoms with van der Waals surface area (Å²) in [4.78, 5) is 31.5. The summed E-state index contributed by atoms with van der Waals surface area (Å²) in [6.07, 6.45) is 10.5. The molecule has 0 N–H and O–H groups in total. The zero-order chi connectivity index (χ0) is 20.9. The second kappa shape index (κ2) is 8.86. The van der Waals surface area contributed by atoms with Crippen molar-refractivity contribution in [3.63, 3.8) is 0 Å². The number of likely N-dealkylation sites (tertiary alicyclic amines) is 1. The highest BCUT2D eigenvalue weighted by atomic mass is 16.2. The number of amides is 1. The van der Waals surface area contributed by atoms with Crippen molar-refractivity contribution in [3.05, 3.63) is 72.1 Å². The maximum absolute atomic E-state index is 12.9. The number of aryl methyl sites for hydroxylation is 1. The lowest BCUT2D eigenvalue weighted by atomic mass is 9.93. The molecule has 0 bridgehead atoms. The zero-order valence-corrected chi connectivity index (χ0v) is 16.9. The monoisotopic (exact) mass is 404 g/mol. The number of carbonyl (C=O) groups is 2. The van der Waals surface area contributed by atoms with Gasteiger partial charge in [-0.2, -0.15) is 0 Å². The first-order valence-corrected chi connectivity index (χ1v) is 10.0. The van der Waals surface area contributed by atoms with Gasteiger partial charge in [-0.15, -0.1) is 5.10 Å². The van der Waals surface area contributed by atoms with E-state index in [1.54, 1.807) is 39.8 Å². The van der Waals surface area contributed by atoms with Crippen LogP contribution in [0.3, 0.4) is 0 Å². The summed E-state index contributed by atoms with van der Waals surface area (Å²) in [5.74, 6) is -0.0153. The lowest BCUT2D eigenvalue weighted by Gasteiger charge is -2.31. The minimum atomic E-state index is -0.243. The Morgan fingerprint density at radius 1 is 1.23 bits per heavy atom. The van der Waals surface area contributed by atoms with E-state index in [9.17, 15) is 9.59 Å². The van der Waals surface area contributed by atoms with Gasteiger partial charge < -0.3 is 9.47 Å². The van der Waals surface area contributed by atoms with Gasteiger partial charge in [0.05, 0.1) is 12.7 Å². The number of piperidine rings is 1. The van der Waals surface area contributed by atoms with E-state index < -0.39 is 0 Å². The van der Waals surface area contributed by atoms with Crippen LogP contribution in [0, 0.1) is 5.92 Å². The number of hydrogen-bond donors (Lipinski definition) is 0. The van der Waals surface area contributed by atoms with Crippen LogP contribution in [-0.4, -0.2) is 54.2 Å². The molecular weight excluding hydrogens is 380 g/mol. The van der Waals surface area contributed by atoms with Crippen molar-refractivity contribution < 1.29 is 9.59 Å². The van der Waals surface area contributed by atoms with Crippen molar-refractivity contribution in [3.8, 4) is 0 Å². The van der Waals surface area contributed by atoms with Gasteiger partial charge in [0, 0.05) is 38.4 Å². The average molecular weight is 404 g/mol. The van der Waals surface area contributed by atoms with E-state index in [1.807, 2.05) is 42.5 Å². The fraction of sp³-hybridized carbons (Fsp3) is 0.318. The van der Waals surface area contributed by atoms with Gasteiger partial charge in [-0.1, -0.05) is 47.7 Å². The molecule has 30 heavy (non-hydrogen) atoms. The minimum absolute atomic E-state index is 0.0188. The van der Waals surface area contributed by atoms with Crippen LogP contribution in [0.2, 0.25) is 0 Å². The Morgan fingerprint density at radius 2 is 2.07 bits per heavy atom. The highest BCUT2D eigenvalue weighted by Crippen LogP contribution is 2.21. The molecule has 0 radical (unpaired) electrons. The Kier molecular flexibility index (Phi) is 5.83. The molecule has 0 aliphatic carbocycles. The number of benzene rings is 1. The highest BCUT2D eigenvalue weighted by Gasteiger charge is 2.31. The molecule has 0 spiro atoms. The predicted molar refractivity (Wildman–Crippen MR) is 112 cm³/mol. The fourth-order valence-electron chi connectivity index (χ4n) is 3.67. The molecule has 8 heteroatoms. The van der Waals surface area contributed by atoms with Crippen LogP contribution < -0.4 is 0 Å². The van der Waals surface area contributed by atoms with Gasteiger partial charge in [-0.3, -0.25) is 9.59 Å². The van der Waals surface area contributed by atoms with Crippen molar-refractivity contribution in [2.75, 3.05) is 13.1 Å². The first kappa shape index (κ1) is 19.8. The zero-order valence-electron chi connectivity index (χ0n) is 16.9. The molecule has 1 aliphatic rings. The van der Waals surface area contributed by atoms with Crippen molar-refractivity contribution in [2.24, 2.45) is 13.0 Å². The summed E-state index contributed by atoms with van der Waals surface area (Å²) in [5.41, 5.74) is 1.40. The molecule has 3 heterocycles. The molecule has 8 nitrogen and oxygen atoms in total. The quantitative estimate of drug-likeness (QED) is 0.589. The Balaban J connectivity index is 1.38. The average Bonchev–Trinajstić information content (AvgIpc) is 3.43. The predicted octanol–water partition coefficient (Wildman–Crippen LogP) is 2.46. The summed E-state index contributed by atoms with van der Waals surface area (Å²) in [7, 11) is 1.80. The van der Waals surface area contributed by atoms with Gasteiger partial charge in [0.25, 0.3) is 5.91 Å². The molecular formula is C22H24N6O2. The normalized spacial score (nSPS) is 16.8. The number of imidazole rings is 1. The lowest BCUT2D eigenvalue weighted by Crippen LogP contribution is -2.42. The number of ketones is 1. The molecule has 2 aromatic heterocycles. The second-order valence-corrected chi connectivity index (χ2v) is 7.46. The SMILES string of the molecule is Cn1ccnc1C(=O)[C@H]1CCCN(C(=O)c2cn(C/C=C/c3ccccc3)nn2)C1. The Bertz CT molecular complexity index is 1050. The Morgan fingerprint density at radius 3 is 2.83 bits per heavy atom. The molecule has 1 saturated heterocycles. The summed E-state index contributed by atoms with van der Waals surface area (Å²) < 4.78 is 3.35. The van der Waals surface area contributed by atoms with Crippen LogP contribution in [0.4, 0.5) is 0 Å². The molecule has 4 rings (SSSR count). The number of hydrogen-bond acceptors (Lipinski definition) is 5. The van der Waals surface area contributed by atoms with E-state index in [4.69, 9.17) is 0 Å². The van der Waals surface area contributed by atoms with Gasteiger partial charge in [-0.05, 0) is 18.4 Å². The van der Waals surface area contributed by atoms with Gasteiger partial charge in [0.15, 0.2) is 11.5 Å². The third-order valence-electron chi connectivity index (χ3n) is 5.28. The van der Waals surface area contributed by atoms with E-state index >= 15 is 0 Å². The van der Waals surface area contributed by atoms with E-state index in [-0.39, 0.29) is 17.6 Å². The first-order valence-electron chi connectivity index (χ1n) is 10.0. The first-order chi connectivity index (χ1) is 14.6. The van der Waals surface area contributed by atoms with Gasteiger partial charge in [0.2, 0.25) is 5.78 Å².